The number of aromatic nitrogens is 1. The monoisotopic (exact) mass is 426 g/mol. The highest BCUT2D eigenvalue weighted by molar-refractivity contribution is 7.99. The molecule has 4 nitrogen and oxygen atoms in total. The van der Waals surface area contributed by atoms with Gasteiger partial charge in [0, 0.05) is 26.4 Å². The molecule has 0 aliphatic carbocycles. The smallest absolute Gasteiger partial charge is 0.264 e. The van der Waals surface area contributed by atoms with Crippen LogP contribution in [-0.4, -0.2) is 13.4 Å². The maximum Gasteiger partial charge on any atom is 0.264 e. The maximum atomic E-state index is 13.1. The Labute approximate surface area is 172 Å². The molecule has 3 aromatic carbocycles. The normalized spacial score (nSPS) is 11.5. The van der Waals surface area contributed by atoms with Crippen LogP contribution in [0.3, 0.4) is 0 Å². The number of sulfonamides is 1. The minimum Gasteiger partial charge on any atom is -0.278 e. The fourth-order valence-corrected chi connectivity index (χ4v) is 5.11. The van der Waals surface area contributed by atoms with Gasteiger partial charge in [-0.25, -0.2) is 8.42 Å². The minimum absolute atomic E-state index is 0.150. The number of rotatable bonds is 5. The zero-order chi connectivity index (χ0) is 19.6. The van der Waals surface area contributed by atoms with Crippen LogP contribution in [0.2, 0.25) is 5.02 Å². The van der Waals surface area contributed by atoms with Crippen LogP contribution in [0.1, 0.15) is 0 Å². The SMILES string of the molecule is O=S(=O)(Nc1ccccc1Sc1ccc(Cl)cc1)c1cccc2cccnc12. The van der Waals surface area contributed by atoms with E-state index in [0.717, 1.165) is 15.2 Å². The number of benzene rings is 3. The molecule has 4 aromatic rings. The Morgan fingerprint density at radius 2 is 1.61 bits per heavy atom. The molecule has 0 unspecified atom stereocenters. The lowest BCUT2D eigenvalue weighted by atomic mass is 10.2. The second-order valence-corrected chi connectivity index (χ2v) is 9.19. The topological polar surface area (TPSA) is 59.1 Å². The van der Waals surface area contributed by atoms with Crippen molar-refractivity contribution in [2.75, 3.05) is 4.72 Å². The van der Waals surface area contributed by atoms with Gasteiger partial charge < -0.3 is 0 Å². The van der Waals surface area contributed by atoms with Gasteiger partial charge in [-0.2, -0.15) is 0 Å². The zero-order valence-electron chi connectivity index (χ0n) is 14.5. The van der Waals surface area contributed by atoms with Crippen molar-refractivity contribution in [2.24, 2.45) is 0 Å². The molecule has 0 aliphatic rings. The lowest BCUT2D eigenvalue weighted by Gasteiger charge is -2.13. The van der Waals surface area contributed by atoms with Crippen molar-refractivity contribution in [1.29, 1.82) is 0 Å². The first-order valence-corrected chi connectivity index (χ1v) is 11.1. The summed E-state index contributed by atoms with van der Waals surface area (Å²) in [5, 5.41) is 1.43. The summed E-state index contributed by atoms with van der Waals surface area (Å²) in [5.74, 6) is 0. The van der Waals surface area contributed by atoms with Gasteiger partial charge in [0.25, 0.3) is 10.0 Å². The van der Waals surface area contributed by atoms with Crippen LogP contribution in [0.5, 0.6) is 0 Å². The van der Waals surface area contributed by atoms with Crippen LogP contribution in [-0.2, 0) is 10.0 Å². The Morgan fingerprint density at radius 3 is 2.43 bits per heavy atom. The lowest BCUT2D eigenvalue weighted by molar-refractivity contribution is 0.602. The lowest BCUT2D eigenvalue weighted by Crippen LogP contribution is -2.14. The summed E-state index contributed by atoms with van der Waals surface area (Å²) in [6.07, 6.45) is 1.59. The standard InChI is InChI=1S/C21H15ClN2O2S2/c22-16-10-12-17(13-11-16)27-19-8-2-1-7-18(19)24-28(25,26)20-9-3-5-15-6-4-14-23-21(15)20/h1-14,24H. The highest BCUT2D eigenvalue weighted by Crippen LogP contribution is 2.35. The first kappa shape index (κ1) is 18.8. The summed E-state index contributed by atoms with van der Waals surface area (Å²) in [5.41, 5.74) is 0.954. The Morgan fingerprint density at radius 1 is 0.857 bits per heavy atom. The van der Waals surface area contributed by atoms with Gasteiger partial charge in [0.05, 0.1) is 11.2 Å². The average Bonchev–Trinajstić information content (AvgIpc) is 2.70. The summed E-state index contributed by atoms with van der Waals surface area (Å²) in [6.45, 7) is 0. The molecule has 1 heterocycles. The fraction of sp³-hybridized carbons (Fsp3) is 0. The van der Waals surface area contributed by atoms with E-state index in [1.807, 2.05) is 36.4 Å². The van der Waals surface area contributed by atoms with Gasteiger partial charge in [-0.3, -0.25) is 9.71 Å². The molecule has 1 N–H and O–H groups in total. The summed E-state index contributed by atoms with van der Waals surface area (Å²) in [6, 6.07) is 23.4. The van der Waals surface area contributed by atoms with Crippen molar-refractivity contribution in [1.82, 2.24) is 4.98 Å². The molecular formula is C21H15ClN2O2S2. The van der Waals surface area contributed by atoms with Crippen LogP contribution in [0.15, 0.2) is 99.7 Å². The number of nitrogens with zero attached hydrogens (tertiary/aromatic N) is 1. The van der Waals surface area contributed by atoms with E-state index in [-0.39, 0.29) is 4.90 Å². The quantitative estimate of drug-likeness (QED) is 0.435. The summed E-state index contributed by atoms with van der Waals surface area (Å²) in [7, 11) is -3.81. The molecule has 0 atom stereocenters. The van der Waals surface area contributed by atoms with Gasteiger partial charge >= 0.3 is 0 Å². The van der Waals surface area contributed by atoms with Gasteiger partial charge in [-0.05, 0) is 48.5 Å². The zero-order valence-corrected chi connectivity index (χ0v) is 16.9. The Hall–Kier alpha value is -2.54. The van der Waals surface area contributed by atoms with Crippen LogP contribution >= 0.6 is 23.4 Å². The number of hydrogen-bond donors (Lipinski definition) is 1. The molecule has 0 radical (unpaired) electrons. The van der Waals surface area contributed by atoms with E-state index in [1.54, 1.807) is 48.7 Å². The van der Waals surface area contributed by atoms with Crippen LogP contribution in [0.4, 0.5) is 5.69 Å². The number of hydrogen-bond acceptors (Lipinski definition) is 4. The number of anilines is 1. The highest BCUT2D eigenvalue weighted by atomic mass is 35.5. The van der Waals surface area contributed by atoms with Gasteiger partial charge in [0.1, 0.15) is 4.90 Å². The van der Waals surface area contributed by atoms with Crippen molar-refractivity contribution in [3.05, 3.63) is 90.1 Å². The second-order valence-electron chi connectivity index (χ2n) is 5.99. The first-order valence-electron chi connectivity index (χ1n) is 8.42. The molecule has 0 bridgehead atoms. The second kappa shape index (κ2) is 7.83. The van der Waals surface area contributed by atoms with Crippen molar-refractivity contribution in [3.8, 4) is 0 Å². The number of fused-ring (bicyclic) bond motifs is 1. The molecule has 0 aliphatic heterocycles. The molecule has 4 rings (SSSR count). The van der Waals surface area contributed by atoms with Gasteiger partial charge in [-0.15, -0.1) is 0 Å². The van der Waals surface area contributed by atoms with E-state index in [1.165, 1.54) is 11.8 Å². The van der Waals surface area contributed by atoms with E-state index in [9.17, 15) is 8.42 Å². The van der Waals surface area contributed by atoms with E-state index in [4.69, 9.17) is 11.6 Å². The molecule has 0 spiro atoms. The van der Waals surface area contributed by atoms with E-state index in [2.05, 4.69) is 9.71 Å². The molecule has 0 amide bonds. The summed E-state index contributed by atoms with van der Waals surface area (Å²) < 4.78 is 28.9. The molecule has 0 saturated heterocycles. The van der Waals surface area contributed by atoms with Crippen LogP contribution < -0.4 is 4.72 Å². The van der Waals surface area contributed by atoms with Crippen molar-refractivity contribution in [2.45, 2.75) is 14.7 Å². The molecule has 0 saturated carbocycles. The fourth-order valence-electron chi connectivity index (χ4n) is 2.76. The van der Waals surface area contributed by atoms with Crippen molar-refractivity contribution in [3.63, 3.8) is 0 Å². The Bertz CT molecular complexity index is 1240. The Balaban J connectivity index is 1.69. The first-order chi connectivity index (χ1) is 13.5. The Kier molecular flexibility index (Phi) is 5.26. The van der Waals surface area contributed by atoms with Crippen molar-refractivity contribution >= 4 is 50.0 Å². The summed E-state index contributed by atoms with van der Waals surface area (Å²) in [4.78, 5) is 6.15. The molecule has 28 heavy (non-hydrogen) atoms. The predicted octanol–water partition coefficient (Wildman–Crippen LogP) is 5.84. The van der Waals surface area contributed by atoms with Gasteiger partial charge in [-0.1, -0.05) is 53.7 Å². The third-order valence-electron chi connectivity index (χ3n) is 4.06. The molecule has 0 fully saturated rings. The number of nitrogens with one attached hydrogen (secondary N) is 1. The molecule has 1 aromatic heterocycles. The van der Waals surface area contributed by atoms with E-state index < -0.39 is 10.0 Å². The number of halogens is 1. The average molecular weight is 427 g/mol. The third kappa shape index (κ3) is 3.99. The predicted molar refractivity (Wildman–Crippen MR) is 115 cm³/mol. The minimum atomic E-state index is -3.81. The summed E-state index contributed by atoms with van der Waals surface area (Å²) >= 11 is 7.40. The molecule has 7 heteroatoms. The largest absolute Gasteiger partial charge is 0.278 e. The number of para-hydroxylation sites is 2. The van der Waals surface area contributed by atoms with Crippen molar-refractivity contribution < 1.29 is 8.42 Å². The molecule has 140 valence electrons. The third-order valence-corrected chi connectivity index (χ3v) is 6.79. The van der Waals surface area contributed by atoms with Gasteiger partial charge in [0.15, 0.2) is 0 Å². The maximum absolute atomic E-state index is 13.1. The van der Waals surface area contributed by atoms with E-state index >= 15 is 0 Å². The highest BCUT2D eigenvalue weighted by Gasteiger charge is 2.19. The van der Waals surface area contributed by atoms with E-state index in [0.29, 0.717) is 16.2 Å². The van der Waals surface area contributed by atoms with Gasteiger partial charge in [0.2, 0.25) is 0 Å². The number of pyridine rings is 1. The molecular weight excluding hydrogens is 412 g/mol. The van der Waals surface area contributed by atoms with Crippen LogP contribution in [0.25, 0.3) is 10.9 Å². The van der Waals surface area contributed by atoms with Crippen LogP contribution in [0, 0.1) is 0 Å².